The minimum atomic E-state index is -0.661. The Bertz CT molecular complexity index is 1170. The van der Waals surface area contributed by atoms with Gasteiger partial charge in [0.1, 0.15) is 11.5 Å². The molecule has 8 nitrogen and oxygen atoms in total. The summed E-state index contributed by atoms with van der Waals surface area (Å²) in [4.78, 5) is 33.0. The summed E-state index contributed by atoms with van der Waals surface area (Å²) >= 11 is 0. The Kier molecular flexibility index (Phi) is 10.8. The maximum absolute atomic E-state index is 13.6. The Balaban J connectivity index is 1.79. The molecule has 0 bridgehead atoms. The topological polar surface area (TPSA) is 106 Å². The zero-order valence-electron chi connectivity index (χ0n) is 22.2. The van der Waals surface area contributed by atoms with E-state index in [0.29, 0.717) is 25.3 Å². The lowest BCUT2D eigenvalue weighted by Crippen LogP contribution is -2.29. The molecule has 3 aromatic rings. The first kappa shape index (κ1) is 28.0. The number of hydrogen-bond donors (Lipinski definition) is 2. The van der Waals surface area contributed by atoms with E-state index >= 15 is 0 Å². The summed E-state index contributed by atoms with van der Waals surface area (Å²) in [6.45, 7) is 5.05. The molecule has 0 amide bonds. The van der Waals surface area contributed by atoms with Crippen molar-refractivity contribution in [3.63, 3.8) is 0 Å². The number of nitrogens with one attached hydrogen (secondary N) is 1. The van der Waals surface area contributed by atoms with Crippen LogP contribution in [0.3, 0.4) is 0 Å². The molecule has 2 N–H and O–H groups in total. The second kappa shape index (κ2) is 14.3. The van der Waals surface area contributed by atoms with E-state index < -0.39 is 11.9 Å². The highest BCUT2D eigenvalue weighted by Gasteiger charge is 2.26. The number of carbonyl (C=O) groups is 1. The summed E-state index contributed by atoms with van der Waals surface area (Å²) in [5, 5.41) is 10.8. The molecule has 0 aliphatic carbocycles. The van der Waals surface area contributed by atoms with Crippen LogP contribution in [0.15, 0.2) is 47.7 Å². The van der Waals surface area contributed by atoms with E-state index in [0.717, 1.165) is 29.8 Å². The van der Waals surface area contributed by atoms with Gasteiger partial charge in [-0.1, -0.05) is 51.2 Å². The molecule has 1 atom stereocenters. The molecular weight excluding hydrogens is 470 g/mol. The Morgan fingerprint density at radius 2 is 1.86 bits per heavy atom. The summed E-state index contributed by atoms with van der Waals surface area (Å²) in [6, 6.07) is 8.96. The summed E-state index contributed by atoms with van der Waals surface area (Å²) in [6.07, 6.45) is 11.0. The van der Waals surface area contributed by atoms with Crippen molar-refractivity contribution in [3.05, 3.63) is 75.7 Å². The van der Waals surface area contributed by atoms with Crippen LogP contribution < -0.4 is 10.3 Å². The third-order valence-electron chi connectivity index (χ3n) is 6.68. The van der Waals surface area contributed by atoms with Gasteiger partial charge in [-0.15, -0.1) is 0 Å². The lowest BCUT2D eigenvalue weighted by atomic mass is 9.88. The van der Waals surface area contributed by atoms with Crippen LogP contribution in [-0.4, -0.2) is 39.3 Å². The number of imidazole rings is 1. The highest BCUT2D eigenvalue weighted by atomic mass is 16.5. The molecule has 0 radical (unpaired) electrons. The van der Waals surface area contributed by atoms with Gasteiger partial charge in [-0.05, 0) is 37.1 Å². The molecule has 0 fully saturated rings. The molecule has 0 aliphatic heterocycles. The quantitative estimate of drug-likeness (QED) is 0.214. The molecule has 0 spiro atoms. The number of aromatic hydroxyl groups is 1. The van der Waals surface area contributed by atoms with Gasteiger partial charge in [0.05, 0.1) is 32.0 Å². The van der Waals surface area contributed by atoms with Crippen molar-refractivity contribution in [1.82, 2.24) is 14.5 Å². The molecule has 1 aromatic carbocycles. The predicted octanol–water partition coefficient (Wildman–Crippen LogP) is 5.26. The molecule has 37 heavy (non-hydrogen) atoms. The zero-order chi connectivity index (χ0) is 26.6. The summed E-state index contributed by atoms with van der Waals surface area (Å²) in [5.74, 6) is -0.514. The molecule has 3 rings (SSSR count). The van der Waals surface area contributed by atoms with Crippen LogP contribution in [0.4, 0.5) is 0 Å². The number of rotatable bonds is 15. The van der Waals surface area contributed by atoms with E-state index in [1.165, 1.54) is 32.8 Å². The first-order chi connectivity index (χ1) is 17.9. The summed E-state index contributed by atoms with van der Waals surface area (Å²) in [7, 11) is 1.32. The number of carbonyl (C=O) groups excluding carboxylic acids is 1. The average molecular weight is 510 g/mol. The van der Waals surface area contributed by atoms with Crippen molar-refractivity contribution in [2.75, 3.05) is 13.7 Å². The van der Waals surface area contributed by atoms with Crippen LogP contribution in [0.1, 0.15) is 80.3 Å². The molecule has 2 heterocycles. The molecule has 0 saturated carbocycles. The molecule has 1 unspecified atom stereocenters. The number of methoxy groups -OCH3 is 1. The van der Waals surface area contributed by atoms with E-state index in [2.05, 4.69) is 16.9 Å². The van der Waals surface area contributed by atoms with E-state index in [9.17, 15) is 14.7 Å². The Labute approximate surface area is 218 Å². The number of pyridine rings is 1. The van der Waals surface area contributed by atoms with Gasteiger partial charge < -0.3 is 24.1 Å². The second-order valence-corrected chi connectivity index (χ2v) is 9.39. The van der Waals surface area contributed by atoms with Crippen molar-refractivity contribution in [2.24, 2.45) is 0 Å². The third kappa shape index (κ3) is 7.97. The molecule has 0 aliphatic rings. The maximum atomic E-state index is 13.6. The van der Waals surface area contributed by atoms with Crippen molar-refractivity contribution in [2.45, 2.75) is 77.7 Å². The second-order valence-electron chi connectivity index (χ2n) is 9.39. The minimum Gasteiger partial charge on any atom is -0.507 e. The first-order valence-corrected chi connectivity index (χ1v) is 13.1. The van der Waals surface area contributed by atoms with Gasteiger partial charge in [-0.3, -0.25) is 9.59 Å². The standard InChI is InChI=1S/C29H39N3O5/c1-4-5-6-7-8-9-16-37-24-12-10-22(11-13-24)25(18-27(34)36-3)28-26(33)17-21(2)32(29(28)35)15-14-23-19-30-20-31-23/h10-13,17,19-20,25,33H,4-9,14-16,18H2,1-3H3,(H,30,31). The maximum Gasteiger partial charge on any atom is 0.306 e. The SMILES string of the molecule is CCCCCCCCOc1ccc(C(CC(=O)OC)c2c(O)cc(C)n(CCc3cnc[nH]3)c2=O)cc1. The summed E-state index contributed by atoms with van der Waals surface area (Å²) in [5.41, 5.74) is 2.13. The number of unbranched alkanes of at least 4 members (excludes halogenated alkanes) is 5. The monoisotopic (exact) mass is 509 g/mol. The normalized spacial score (nSPS) is 11.9. The zero-order valence-corrected chi connectivity index (χ0v) is 22.2. The van der Waals surface area contributed by atoms with Crippen molar-refractivity contribution in [3.8, 4) is 11.5 Å². The van der Waals surface area contributed by atoms with Crippen LogP contribution in [0.5, 0.6) is 11.5 Å². The Hall–Kier alpha value is -3.55. The van der Waals surface area contributed by atoms with Crippen molar-refractivity contribution >= 4 is 5.97 Å². The lowest BCUT2D eigenvalue weighted by molar-refractivity contribution is -0.140. The van der Waals surface area contributed by atoms with Gasteiger partial charge in [0.2, 0.25) is 0 Å². The number of aromatic amines is 1. The smallest absolute Gasteiger partial charge is 0.306 e. The number of benzene rings is 1. The third-order valence-corrected chi connectivity index (χ3v) is 6.68. The van der Waals surface area contributed by atoms with Crippen LogP contribution in [0.2, 0.25) is 0 Å². The predicted molar refractivity (Wildman–Crippen MR) is 143 cm³/mol. The van der Waals surface area contributed by atoms with Gasteiger partial charge in [0.25, 0.3) is 5.56 Å². The molecule has 2 aromatic heterocycles. The van der Waals surface area contributed by atoms with Gasteiger partial charge in [-0.2, -0.15) is 0 Å². The van der Waals surface area contributed by atoms with Crippen LogP contribution in [0, 0.1) is 6.92 Å². The molecule has 0 saturated heterocycles. The number of H-pyrrole nitrogens is 1. The number of aromatic nitrogens is 3. The lowest BCUT2D eigenvalue weighted by Gasteiger charge is -2.21. The minimum absolute atomic E-state index is 0.0686. The number of esters is 1. The fourth-order valence-corrected chi connectivity index (χ4v) is 4.53. The largest absolute Gasteiger partial charge is 0.507 e. The number of nitrogens with zero attached hydrogens (tertiary/aromatic N) is 2. The van der Waals surface area contributed by atoms with Crippen molar-refractivity contribution < 1.29 is 19.4 Å². The van der Waals surface area contributed by atoms with E-state index in [4.69, 9.17) is 9.47 Å². The van der Waals surface area contributed by atoms with Crippen LogP contribution in [0.25, 0.3) is 0 Å². The van der Waals surface area contributed by atoms with E-state index in [1.54, 1.807) is 30.1 Å². The highest BCUT2D eigenvalue weighted by molar-refractivity contribution is 5.71. The van der Waals surface area contributed by atoms with Crippen molar-refractivity contribution in [1.29, 1.82) is 0 Å². The summed E-state index contributed by atoms with van der Waals surface area (Å²) < 4.78 is 12.4. The number of ether oxygens (including phenoxy) is 2. The van der Waals surface area contributed by atoms with E-state index in [1.807, 2.05) is 24.3 Å². The van der Waals surface area contributed by atoms with E-state index in [-0.39, 0.29) is 23.3 Å². The van der Waals surface area contributed by atoms with Crippen LogP contribution >= 0.6 is 0 Å². The molecular formula is C29H39N3O5. The van der Waals surface area contributed by atoms with Gasteiger partial charge in [0.15, 0.2) is 0 Å². The number of hydrogen-bond acceptors (Lipinski definition) is 6. The average Bonchev–Trinajstić information content (AvgIpc) is 3.41. The van der Waals surface area contributed by atoms with Gasteiger partial charge >= 0.3 is 5.97 Å². The molecule has 200 valence electrons. The number of aryl methyl sites for hydroxylation is 2. The van der Waals surface area contributed by atoms with Crippen LogP contribution in [-0.2, 0) is 22.5 Å². The fourth-order valence-electron chi connectivity index (χ4n) is 4.53. The Morgan fingerprint density at radius 1 is 1.14 bits per heavy atom. The molecule has 8 heteroatoms. The van der Waals surface area contributed by atoms with Gasteiger partial charge in [0, 0.05) is 36.5 Å². The fraction of sp³-hybridized carbons (Fsp3) is 0.483. The Morgan fingerprint density at radius 3 is 2.54 bits per heavy atom. The van der Waals surface area contributed by atoms with Gasteiger partial charge in [-0.25, -0.2) is 4.98 Å². The first-order valence-electron chi connectivity index (χ1n) is 13.1. The highest BCUT2D eigenvalue weighted by Crippen LogP contribution is 2.33.